The number of esters is 1. The lowest BCUT2D eigenvalue weighted by atomic mass is 10.2. The van der Waals surface area contributed by atoms with Crippen LogP contribution in [-0.2, 0) is 19.1 Å². The second kappa shape index (κ2) is 9.98. The van der Waals surface area contributed by atoms with Crippen LogP contribution in [0.2, 0.25) is 0 Å². The first-order valence-electron chi connectivity index (χ1n) is 6.65. The third kappa shape index (κ3) is 8.13. The van der Waals surface area contributed by atoms with Crippen LogP contribution in [0.5, 0.6) is 0 Å². The van der Waals surface area contributed by atoms with Crippen molar-refractivity contribution in [2.24, 2.45) is 5.92 Å². The molecule has 0 aromatic heterocycles. The Morgan fingerprint density at radius 2 is 1.86 bits per heavy atom. The maximum absolute atomic E-state index is 12.1. The normalized spacial score (nSPS) is 11.9. The molecule has 0 aromatic carbocycles. The topological polar surface area (TPSA) is 105 Å². The predicted molar refractivity (Wildman–Crippen MR) is 74.9 cm³/mol. The van der Waals surface area contributed by atoms with Gasteiger partial charge < -0.3 is 24.8 Å². The number of carboxylic acids is 1. The summed E-state index contributed by atoms with van der Waals surface area (Å²) >= 11 is 0. The monoisotopic (exact) mass is 304 g/mol. The third-order valence-electron chi connectivity index (χ3n) is 2.63. The van der Waals surface area contributed by atoms with Gasteiger partial charge in [0.2, 0.25) is 0 Å². The zero-order valence-corrected chi connectivity index (χ0v) is 12.9. The van der Waals surface area contributed by atoms with Gasteiger partial charge in [0.25, 0.3) is 0 Å². The van der Waals surface area contributed by atoms with E-state index in [0.29, 0.717) is 19.7 Å². The number of rotatable bonds is 9. The fourth-order valence-electron chi connectivity index (χ4n) is 1.61. The number of carbonyl (C=O) groups is 3. The highest BCUT2D eigenvalue weighted by atomic mass is 16.5. The van der Waals surface area contributed by atoms with Crippen LogP contribution in [0.3, 0.4) is 0 Å². The molecule has 0 rings (SSSR count). The molecule has 0 fully saturated rings. The molecule has 0 saturated heterocycles. The first-order chi connectivity index (χ1) is 9.81. The average Bonchev–Trinajstić information content (AvgIpc) is 2.41. The molecule has 8 heteroatoms. The summed E-state index contributed by atoms with van der Waals surface area (Å²) in [5, 5.41) is 11.4. The molecular formula is C13H24N2O6. The molecule has 2 N–H and O–H groups in total. The lowest BCUT2D eigenvalue weighted by Crippen LogP contribution is -2.50. The molecule has 0 saturated carbocycles. The van der Waals surface area contributed by atoms with Crippen LogP contribution in [0.15, 0.2) is 0 Å². The predicted octanol–water partition coefficient (Wildman–Crippen LogP) is 0.317. The standard InChI is InChI=1S/C13H24N2O6/c1-9(2)8-15(5-6-20-3)13(19)14-10(12(17)18)7-11(16)21-4/h9-10H,5-8H2,1-4H3,(H,14,19)(H,17,18)/t10-/m0/s1. The van der Waals surface area contributed by atoms with Crippen molar-refractivity contribution < 1.29 is 29.0 Å². The van der Waals surface area contributed by atoms with E-state index in [1.807, 2.05) is 13.8 Å². The summed E-state index contributed by atoms with van der Waals surface area (Å²) in [6.45, 7) is 5.02. The summed E-state index contributed by atoms with van der Waals surface area (Å²) in [7, 11) is 2.68. The van der Waals surface area contributed by atoms with Gasteiger partial charge in [-0.2, -0.15) is 0 Å². The summed E-state index contributed by atoms with van der Waals surface area (Å²) in [4.78, 5) is 35.8. The summed E-state index contributed by atoms with van der Waals surface area (Å²) in [6.07, 6.45) is -0.419. The van der Waals surface area contributed by atoms with E-state index in [1.54, 1.807) is 0 Å². The zero-order chi connectivity index (χ0) is 16.4. The smallest absolute Gasteiger partial charge is 0.326 e. The molecule has 122 valence electrons. The van der Waals surface area contributed by atoms with Gasteiger partial charge in [-0.1, -0.05) is 13.8 Å². The first kappa shape index (κ1) is 19.2. The Morgan fingerprint density at radius 1 is 1.24 bits per heavy atom. The summed E-state index contributed by atoms with van der Waals surface area (Å²) in [5.41, 5.74) is 0. The highest BCUT2D eigenvalue weighted by Gasteiger charge is 2.26. The lowest BCUT2D eigenvalue weighted by molar-refractivity contribution is -0.147. The van der Waals surface area contributed by atoms with Crippen LogP contribution in [0.1, 0.15) is 20.3 Å². The van der Waals surface area contributed by atoms with E-state index in [0.717, 1.165) is 7.11 Å². The van der Waals surface area contributed by atoms with Crippen molar-refractivity contribution >= 4 is 18.0 Å². The molecule has 0 heterocycles. The van der Waals surface area contributed by atoms with E-state index in [1.165, 1.54) is 12.0 Å². The number of ether oxygens (including phenoxy) is 2. The van der Waals surface area contributed by atoms with Gasteiger partial charge in [-0.25, -0.2) is 9.59 Å². The van der Waals surface area contributed by atoms with Crippen molar-refractivity contribution in [1.29, 1.82) is 0 Å². The van der Waals surface area contributed by atoms with E-state index in [2.05, 4.69) is 10.1 Å². The van der Waals surface area contributed by atoms with Crippen LogP contribution in [0.25, 0.3) is 0 Å². The van der Waals surface area contributed by atoms with Gasteiger partial charge in [-0.3, -0.25) is 4.79 Å². The lowest BCUT2D eigenvalue weighted by Gasteiger charge is -2.26. The van der Waals surface area contributed by atoms with E-state index in [9.17, 15) is 14.4 Å². The minimum atomic E-state index is -1.32. The molecule has 1 atom stereocenters. The molecule has 0 aliphatic heterocycles. The quantitative estimate of drug-likeness (QED) is 0.594. The third-order valence-corrected chi connectivity index (χ3v) is 2.63. The van der Waals surface area contributed by atoms with E-state index < -0.39 is 30.4 Å². The Balaban J connectivity index is 4.72. The molecule has 0 aliphatic carbocycles. The number of nitrogens with zero attached hydrogens (tertiary/aromatic N) is 1. The number of carbonyl (C=O) groups excluding carboxylic acids is 2. The van der Waals surface area contributed by atoms with Gasteiger partial charge in [0.15, 0.2) is 0 Å². The fraction of sp³-hybridized carbons (Fsp3) is 0.769. The van der Waals surface area contributed by atoms with Gasteiger partial charge in [0.05, 0.1) is 20.1 Å². The molecule has 8 nitrogen and oxygen atoms in total. The molecule has 2 amide bonds. The van der Waals surface area contributed by atoms with E-state index in [4.69, 9.17) is 9.84 Å². The average molecular weight is 304 g/mol. The van der Waals surface area contributed by atoms with Crippen molar-refractivity contribution in [2.75, 3.05) is 33.9 Å². The number of nitrogens with one attached hydrogen (secondary N) is 1. The number of carboxylic acid groups (broad SMARTS) is 1. The maximum Gasteiger partial charge on any atom is 0.326 e. The van der Waals surface area contributed by atoms with Crippen molar-refractivity contribution in [2.45, 2.75) is 26.3 Å². The number of amides is 2. The largest absolute Gasteiger partial charge is 0.480 e. The summed E-state index contributed by atoms with van der Waals surface area (Å²) < 4.78 is 9.34. The van der Waals surface area contributed by atoms with Gasteiger partial charge in [0.1, 0.15) is 6.04 Å². The Kier molecular flexibility index (Phi) is 9.11. The summed E-state index contributed by atoms with van der Waals surface area (Å²) in [5.74, 6) is -1.77. The van der Waals surface area contributed by atoms with Crippen LogP contribution in [0.4, 0.5) is 4.79 Å². The Morgan fingerprint density at radius 3 is 2.29 bits per heavy atom. The molecular weight excluding hydrogens is 280 g/mol. The molecule has 21 heavy (non-hydrogen) atoms. The molecule has 0 bridgehead atoms. The zero-order valence-electron chi connectivity index (χ0n) is 12.9. The second-order valence-corrected chi connectivity index (χ2v) is 4.95. The van der Waals surface area contributed by atoms with Gasteiger partial charge in [0, 0.05) is 20.2 Å². The van der Waals surface area contributed by atoms with Crippen LogP contribution >= 0.6 is 0 Å². The maximum atomic E-state index is 12.1. The summed E-state index contributed by atoms with van der Waals surface area (Å²) in [6, 6.07) is -1.86. The Hall–Kier alpha value is -1.83. The number of hydrogen-bond donors (Lipinski definition) is 2. The highest BCUT2D eigenvalue weighted by molar-refractivity contribution is 5.86. The van der Waals surface area contributed by atoms with E-state index in [-0.39, 0.29) is 5.92 Å². The van der Waals surface area contributed by atoms with Crippen LogP contribution in [0, 0.1) is 5.92 Å². The number of aliphatic carboxylic acids is 1. The SMILES string of the molecule is COCCN(CC(C)C)C(=O)N[C@@H](CC(=O)OC)C(=O)O. The number of methoxy groups -OCH3 is 2. The number of hydrogen-bond acceptors (Lipinski definition) is 5. The Bertz CT molecular complexity index is 359. The van der Waals surface area contributed by atoms with Crippen molar-refractivity contribution in [3.8, 4) is 0 Å². The number of urea groups is 1. The molecule has 0 aromatic rings. The second-order valence-electron chi connectivity index (χ2n) is 4.95. The molecule has 0 radical (unpaired) electrons. The van der Waals surface area contributed by atoms with Crippen molar-refractivity contribution in [3.05, 3.63) is 0 Å². The Labute approximate surface area is 124 Å². The minimum Gasteiger partial charge on any atom is -0.480 e. The van der Waals surface area contributed by atoms with Crippen LogP contribution < -0.4 is 5.32 Å². The molecule has 0 aliphatic rings. The van der Waals surface area contributed by atoms with Crippen molar-refractivity contribution in [3.63, 3.8) is 0 Å². The van der Waals surface area contributed by atoms with Gasteiger partial charge in [-0.15, -0.1) is 0 Å². The molecule has 0 spiro atoms. The van der Waals surface area contributed by atoms with Gasteiger partial charge in [-0.05, 0) is 5.92 Å². The minimum absolute atomic E-state index is 0.219. The van der Waals surface area contributed by atoms with E-state index >= 15 is 0 Å². The first-order valence-corrected chi connectivity index (χ1v) is 6.65. The molecule has 0 unspecified atom stereocenters. The fourth-order valence-corrected chi connectivity index (χ4v) is 1.61. The van der Waals surface area contributed by atoms with Crippen molar-refractivity contribution in [1.82, 2.24) is 10.2 Å². The van der Waals surface area contributed by atoms with Crippen LogP contribution in [-0.4, -0.2) is 67.9 Å². The van der Waals surface area contributed by atoms with Gasteiger partial charge >= 0.3 is 18.0 Å². The highest BCUT2D eigenvalue weighted by Crippen LogP contribution is 2.02.